The van der Waals surface area contributed by atoms with Gasteiger partial charge in [-0.05, 0) is 17.7 Å². The summed E-state index contributed by atoms with van der Waals surface area (Å²) in [5.74, 6) is -1.54. The van der Waals surface area contributed by atoms with Crippen LogP contribution in [0.4, 0.5) is 10.1 Å². The van der Waals surface area contributed by atoms with Crippen molar-refractivity contribution in [2.75, 3.05) is 6.54 Å². The Labute approximate surface area is 126 Å². The Hall–Kier alpha value is -1.87. The molecular formula is C12H10BrFN2O5. The first kappa shape index (κ1) is 15.5. The van der Waals surface area contributed by atoms with Gasteiger partial charge in [-0.15, -0.1) is 0 Å². The van der Waals surface area contributed by atoms with E-state index >= 15 is 0 Å². The number of imide groups is 1. The fourth-order valence-corrected chi connectivity index (χ4v) is 2.20. The third-order valence-corrected chi connectivity index (χ3v) is 3.56. The Morgan fingerprint density at radius 2 is 2.14 bits per heavy atom. The SMILES string of the molecule is O=C1C(Br)CN1C(=O)C(F)OCc1ccc([N+](=O)[O-])cc1. The summed E-state index contributed by atoms with van der Waals surface area (Å²) in [6, 6.07) is 5.31. The average Bonchev–Trinajstić information content (AvgIpc) is 2.49. The maximum Gasteiger partial charge on any atom is 0.291 e. The molecule has 1 heterocycles. The van der Waals surface area contributed by atoms with Crippen LogP contribution in [0.25, 0.3) is 0 Å². The first-order valence-electron chi connectivity index (χ1n) is 5.88. The molecule has 1 saturated heterocycles. The summed E-state index contributed by atoms with van der Waals surface area (Å²) in [6.45, 7) is -0.121. The summed E-state index contributed by atoms with van der Waals surface area (Å²) in [5, 5.41) is 10.5. The van der Waals surface area contributed by atoms with Crippen LogP contribution in [0.3, 0.4) is 0 Å². The molecule has 1 aromatic carbocycles. The molecule has 2 rings (SSSR count). The van der Waals surface area contributed by atoms with Crippen LogP contribution in [-0.2, 0) is 20.9 Å². The van der Waals surface area contributed by atoms with Gasteiger partial charge in [0.2, 0.25) is 5.91 Å². The van der Waals surface area contributed by atoms with E-state index in [0.717, 1.165) is 4.90 Å². The van der Waals surface area contributed by atoms with E-state index in [1.54, 1.807) is 0 Å². The second-order valence-electron chi connectivity index (χ2n) is 4.31. The van der Waals surface area contributed by atoms with Crippen LogP contribution >= 0.6 is 15.9 Å². The monoisotopic (exact) mass is 360 g/mol. The number of β-lactam (4-membered cyclic amide) rings is 1. The third-order valence-electron chi connectivity index (χ3n) is 2.88. The largest absolute Gasteiger partial charge is 0.336 e. The van der Waals surface area contributed by atoms with Gasteiger partial charge in [-0.2, -0.15) is 0 Å². The summed E-state index contributed by atoms with van der Waals surface area (Å²) in [6.07, 6.45) is -2.25. The van der Waals surface area contributed by atoms with Crippen LogP contribution in [-0.4, -0.2) is 39.4 Å². The van der Waals surface area contributed by atoms with Crippen LogP contribution < -0.4 is 0 Å². The zero-order valence-corrected chi connectivity index (χ0v) is 12.2. The van der Waals surface area contributed by atoms with E-state index in [4.69, 9.17) is 4.74 Å². The Balaban J connectivity index is 1.86. The molecule has 9 heteroatoms. The maximum atomic E-state index is 13.6. The molecule has 0 aromatic heterocycles. The second kappa shape index (κ2) is 6.27. The zero-order valence-electron chi connectivity index (χ0n) is 10.6. The lowest BCUT2D eigenvalue weighted by Crippen LogP contribution is -2.58. The van der Waals surface area contributed by atoms with Gasteiger partial charge >= 0.3 is 0 Å². The fourth-order valence-electron chi connectivity index (χ4n) is 1.66. The molecule has 0 aliphatic carbocycles. The lowest BCUT2D eigenvalue weighted by molar-refractivity contribution is -0.384. The molecule has 0 saturated carbocycles. The second-order valence-corrected chi connectivity index (χ2v) is 5.41. The van der Waals surface area contributed by atoms with E-state index in [1.165, 1.54) is 24.3 Å². The Morgan fingerprint density at radius 1 is 1.52 bits per heavy atom. The topological polar surface area (TPSA) is 89.8 Å². The van der Waals surface area contributed by atoms with Crippen LogP contribution in [0, 0.1) is 10.1 Å². The molecule has 1 aliphatic rings. The molecule has 0 spiro atoms. The van der Waals surface area contributed by atoms with Crippen LogP contribution in [0.5, 0.6) is 0 Å². The molecule has 0 N–H and O–H groups in total. The summed E-state index contributed by atoms with van der Waals surface area (Å²) in [5.41, 5.74) is 0.380. The minimum atomic E-state index is -2.25. The molecule has 112 valence electrons. The van der Waals surface area contributed by atoms with Crippen molar-refractivity contribution in [2.45, 2.75) is 17.8 Å². The van der Waals surface area contributed by atoms with Crippen molar-refractivity contribution in [1.82, 2.24) is 4.90 Å². The minimum absolute atomic E-state index is 0.0961. The predicted octanol–water partition coefficient (Wildman–Crippen LogP) is 1.54. The van der Waals surface area contributed by atoms with Gasteiger partial charge in [0.05, 0.1) is 18.1 Å². The zero-order chi connectivity index (χ0) is 15.6. The number of hydrogen-bond acceptors (Lipinski definition) is 5. The molecule has 0 bridgehead atoms. The first-order valence-corrected chi connectivity index (χ1v) is 6.80. The van der Waals surface area contributed by atoms with Gasteiger partial charge in [-0.3, -0.25) is 24.6 Å². The fraction of sp³-hybridized carbons (Fsp3) is 0.333. The Kier molecular flexibility index (Phi) is 4.63. The number of halogens is 2. The average molecular weight is 361 g/mol. The van der Waals surface area contributed by atoms with E-state index in [0.29, 0.717) is 5.56 Å². The summed E-state index contributed by atoms with van der Waals surface area (Å²) in [4.78, 5) is 33.0. The molecule has 2 amide bonds. The molecule has 2 unspecified atom stereocenters. The van der Waals surface area contributed by atoms with Crippen molar-refractivity contribution < 1.29 is 23.6 Å². The number of nitro groups is 1. The number of rotatable bonds is 5. The van der Waals surface area contributed by atoms with Crippen molar-refractivity contribution in [1.29, 1.82) is 0 Å². The van der Waals surface area contributed by atoms with Gasteiger partial charge in [0.25, 0.3) is 18.0 Å². The van der Waals surface area contributed by atoms with Gasteiger partial charge in [0.1, 0.15) is 4.83 Å². The number of likely N-dealkylation sites (tertiary alicyclic amines) is 1. The number of ether oxygens (including phenoxy) is 1. The number of nitrogens with zero attached hydrogens (tertiary/aromatic N) is 2. The van der Waals surface area contributed by atoms with Crippen LogP contribution in [0.2, 0.25) is 0 Å². The van der Waals surface area contributed by atoms with Gasteiger partial charge in [-0.1, -0.05) is 15.9 Å². The van der Waals surface area contributed by atoms with E-state index in [1.807, 2.05) is 0 Å². The smallest absolute Gasteiger partial charge is 0.291 e. The van der Waals surface area contributed by atoms with Crippen LogP contribution in [0.15, 0.2) is 24.3 Å². The summed E-state index contributed by atoms with van der Waals surface area (Å²) in [7, 11) is 0. The van der Waals surface area contributed by atoms with Crippen LogP contribution in [0.1, 0.15) is 5.56 Å². The molecule has 2 atom stereocenters. The molecule has 7 nitrogen and oxygen atoms in total. The van der Waals surface area contributed by atoms with Crippen molar-refractivity contribution in [3.05, 3.63) is 39.9 Å². The Bertz CT molecular complexity index is 580. The highest BCUT2D eigenvalue weighted by Crippen LogP contribution is 2.20. The van der Waals surface area contributed by atoms with E-state index in [-0.39, 0.29) is 18.8 Å². The Morgan fingerprint density at radius 3 is 2.62 bits per heavy atom. The lowest BCUT2D eigenvalue weighted by atomic mass is 10.2. The molecule has 21 heavy (non-hydrogen) atoms. The highest BCUT2D eigenvalue weighted by molar-refractivity contribution is 9.10. The minimum Gasteiger partial charge on any atom is -0.336 e. The van der Waals surface area contributed by atoms with Gasteiger partial charge in [0, 0.05) is 12.1 Å². The predicted molar refractivity (Wildman–Crippen MR) is 72.2 cm³/mol. The van der Waals surface area contributed by atoms with Crippen molar-refractivity contribution >= 4 is 33.4 Å². The number of nitro benzene ring substituents is 1. The van der Waals surface area contributed by atoms with Crippen molar-refractivity contribution in [2.24, 2.45) is 0 Å². The summed E-state index contributed by atoms with van der Waals surface area (Å²) < 4.78 is 18.3. The molecule has 1 fully saturated rings. The van der Waals surface area contributed by atoms with Crippen molar-refractivity contribution in [3.63, 3.8) is 0 Å². The van der Waals surface area contributed by atoms with Gasteiger partial charge in [0.15, 0.2) is 0 Å². The number of benzene rings is 1. The summed E-state index contributed by atoms with van der Waals surface area (Å²) >= 11 is 3.02. The highest BCUT2D eigenvalue weighted by atomic mass is 79.9. The molecule has 1 aromatic rings. The van der Waals surface area contributed by atoms with Gasteiger partial charge in [-0.25, -0.2) is 4.39 Å². The number of non-ortho nitro benzene ring substituents is 1. The normalized spacial score (nSPS) is 19.0. The number of hydrogen-bond donors (Lipinski definition) is 0. The maximum absolute atomic E-state index is 13.6. The van der Waals surface area contributed by atoms with Gasteiger partial charge < -0.3 is 4.74 Å². The number of carbonyl (C=O) groups excluding carboxylic acids is 2. The van der Waals surface area contributed by atoms with Crippen molar-refractivity contribution in [3.8, 4) is 0 Å². The number of alkyl halides is 2. The number of amides is 2. The standard InChI is InChI=1S/C12H10BrFN2O5/c13-9-5-15(11(9)17)12(18)10(14)21-6-7-1-3-8(4-2-7)16(19)20/h1-4,9-10H,5-6H2. The number of carbonyl (C=O) groups is 2. The van der Waals surface area contributed by atoms with E-state index < -0.39 is 27.9 Å². The lowest BCUT2D eigenvalue weighted by Gasteiger charge is -2.33. The third kappa shape index (κ3) is 3.42. The van der Waals surface area contributed by atoms with E-state index in [2.05, 4.69) is 15.9 Å². The molecular weight excluding hydrogens is 351 g/mol. The first-order chi connectivity index (χ1) is 9.90. The molecule has 1 aliphatic heterocycles. The molecule has 0 radical (unpaired) electrons. The van der Waals surface area contributed by atoms with E-state index in [9.17, 15) is 24.1 Å². The quantitative estimate of drug-likeness (QED) is 0.344. The highest BCUT2D eigenvalue weighted by Gasteiger charge is 2.42.